The zero-order chi connectivity index (χ0) is 14.4. The first-order chi connectivity index (χ1) is 8.73. The van der Waals surface area contributed by atoms with E-state index in [0.717, 1.165) is 6.20 Å². The average molecular weight is 304 g/mol. The second-order valence-corrected chi connectivity index (χ2v) is 6.93. The monoisotopic (exact) mass is 303 g/mol. The zero-order valence-corrected chi connectivity index (χ0v) is 11.8. The van der Waals surface area contributed by atoms with Crippen molar-refractivity contribution in [1.29, 1.82) is 0 Å². The van der Waals surface area contributed by atoms with E-state index in [-0.39, 0.29) is 16.9 Å². The van der Waals surface area contributed by atoms with E-state index in [9.17, 15) is 17.6 Å². The molecule has 0 aliphatic carbocycles. The smallest absolute Gasteiger partial charge is 0.266 e. The average Bonchev–Trinajstić information content (AvgIpc) is 2.28. The van der Waals surface area contributed by atoms with Crippen molar-refractivity contribution in [3.63, 3.8) is 0 Å². The lowest BCUT2D eigenvalue weighted by Crippen LogP contribution is -2.18. The van der Waals surface area contributed by atoms with Crippen LogP contribution in [-0.2, 0) is 9.05 Å². The molecule has 0 unspecified atom stereocenters. The van der Waals surface area contributed by atoms with Crippen LogP contribution in [0, 0.1) is 5.82 Å². The number of nitrogens with zero attached hydrogens (tertiary/aromatic N) is 1. The van der Waals surface area contributed by atoms with E-state index in [1.54, 1.807) is 13.8 Å². The number of pyridine rings is 1. The molecule has 0 aliphatic heterocycles. The first-order valence-electron chi connectivity index (χ1n) is 5.51. The third-order valence-corrected chi connectivity index (χ3v) is 4.10. The highest BCUT2D eigenvalue weighted by atomic mass is 35.7. The van der Waals surface area contributed by atoms with Crippen LogP contribution in [0.5, 0.6) is 0 Å². The predicted molar refractivity (Wildman–Crippen MR) is 71.6 cm³/mol. The van der Waals surface area contributed by atoms with Crippen LogP contribution in [0.25, 0.3) is 10.9 Å². The van der Waals surface area contributed by atoms with Gasteiger partial charge >= 0.3 is 0 Å². The molecule has 1 aromatic heterocycles. The molecular formula is C12H11ClFNO3S. The highest BCUT2D eigenvalue weighted by molar-refractivity contribution is 8.13. The van der Waals surface area contributed by atoms with Gasteiger partial charge in [0.25, 0.3) is 9.05 Å². The second-order valence-electron chi connectivity index (χ2n) is 4.40. The molecule has 0 bridgehead atoms. The topological polar surface area (TPSA) is 56.1 Å². The molecule has 1 aromatic carbocycles. The number of para-hydroxylation sites is 1. The Morgan fingerprint density at radius 2 is 1.95 bits per heavy atom. The van der Waals surface area contributed by atoms with Crippen molar-refractivity contribution in [2.75, 3.05) is 0 Å². The Hall–Kier alpha value is -1.40. The van der Waals surface area contributed by atoms with Gasteiger partial charge in [-0.2, -0.15) is 0 Å². The summed E-state index contributed by atoms with van der Waals surface area (Å²) in [5, 5.41) is -0.00424. The molecule has 0 radical (unpaired) electrons. The molecule has 7 heteroatoms. The van der Waals surface area contributed by atoms with E-state index in [1.165, 1.54) is 22.8 Å². The maximum atomic E-state index is 13.9. The van der Waals surface area contributed by atoms with E-state index in [0.29, 0.717) is 0 Å². The summed E-state index contributed by atoms with van der Waals surface area (Å²) < 4.78 is 38.1. The molecular weight excluding hydrogens is 293 g/mol. The van der Waals surface area contributed by atoms with Gasteiger partial charge in [-0.15, -0.1) is 0 Å². The molecule has 0 fully saturated rings. The van der Waals surface area contributed by atoms with Crippen molar-refractivity contribution >= 4 is 30.6 Å². The Labute approximate surface area is 113 Å². The first-order valence-corrected chi connectivity index (χ1v) is 7.82. The lowest BCUT2D eigenvalue weighted by molar-refractivity contribution is 0.574. The van der Waals surface area contributed by atoms with Crippen molar-refractivity contribution in [2.24, 2.45) is 0 Å². The van der Waals surface area contributed by atoms with E-state index < -0.39 is 25.2 Å². The van der Waals surface area contributed by atoms with Gasteiger partial charge in [-0.3, -0.25) is 4.79 Å². The summed E-state index contributed by atoms with van der Waals surface area (Å²) >= 11 is 0. The number of hydrogen-bond donors (Lipinski definition) is 0. The molecule has 1 heterocycles. The summed E-state index contributed by atoms with van der Waals surface area (Å²) in [4.78, 5) is 11.5. The van der Waals surface area contributed by atoms with Crippen LogP contribution in [0.15, 0.2) is 34.1 Å². The maximum absolute atomic E-state index is 13.9. The Kier molecular flexibility index (Phi) is 3.40. The Bertz CT molecular complexity index is 812. The van der Waals surface area contributed by atoms with E-state index in [2.05, 4.69) is 0 Å². The normalized spacial score (nSPS) is 12.3. The minimum absolute atomic E-state index is 0.00424. The van der Waals surface area contributed by atoms with Crippen molar-refractivity contribution in [2.45, 2.75) is 24.8 Å². The molecule has 0 N–H and O–H groups in total. The van der Waals surface area contributed by atoms with Gasteiger partial charge in [0.2, 0.25) is 5.43 Å². The lowest BCUT2D eigenvalue weighted by Gasteiger charge is -2.16. The van der Waals surface area contributed by atoms with Crippen LogP contribution < -0.4 is 5.43 Å². The van der Waals surface area contributed by atoms with Gasteiger partial charge in [-0.05, 0) is 26.0 Å². The van der Waals surface area contributed by atoms with E-state index in [4.69, 9.17) is 10.7 Å². The Balaban J connectivity index is 3.09. The zero-order valence-electron chi connectivity index (χ0n) is 10.2. The van der Waals surface area contributed by atoms with Crippen LogP contribution in [0.1, 0.15) is 19.9 Å². The Morgan fingerprint density at radius 3 is 2.47 bits per heavy atom. The van der Waals surface area contributed by atoms with Gasteiger partial charge in [0, 0.05) is 22.9 Å². The predicted octanol–water partition coefficient (Wildman–Crippen LogP) is 2.65. The third-order valence-electron chi connectivity index (χ3n) is 2.79. The standard InChI is InChI=1S/C12H11ClFNO3S/c1-7(2)15-6-10(19(13,17)18)12(16)8-4-3-5-9(14)11(8)15/h3-7H,1-2H3. The molecule has 19 heavy (non-hydrogen) atoms. The van der Waals surface area contributed by atoms with Gasteiger partial charge in [0.1, 0.15) is 10.7 Å². The molecule has 0 amide bonds. The fourth-order valence-electron chi connectivity index (χ4n) is 1.92. The number of halogens is 2. The molecule has 0 saturated heterocycles. The molecule has 0 saturated carbocycles. The van der Waals surface area contributed by atoms with Gasteiger partial charge in [-0.25, -0.2) is 12.8 Å². The van der Waals surface area contributed by atoms with Crippen LogP contribution in [0.3, 0.4) is 0 Å². The summed E-state index contributed by atoms with van der Waals surface area (Å²) in [5.41, 5.74) is -0.715. The third kappa shape index (κ3) is 2.37. The Morgan fingerprint density at radius 1 is 1.32 bits per heavy atom. The van der Waals surface area contributed by atoms with Crippen LogP contribution in [-0.4, -0.2) is 13.0 Å². The summed E-state index contributed by atoms with van der Waals surface area (Å²) in [6.45, 7) is 3.50. The van der Waals surface area contributed by atoms with Crippen LogP contribution in [0.2, 0.25) is 0 Å². The van der Waals surface area contributed by atoms with Gasteiger partial charge in [0.15, 0.2) is 0 Å². The number of fused-ring (bicyclic) bond motifs is 1. The second kappa shape index (κ2) is 4.61. The SMILES string of the molecule is CC(C)n1cc(S(=O)(=O)Cl)c(=O)c2cccc(F)c21. The van der Waals surface area contributed by atoms with E-state index >= 15 is 0 Å². The van der Waals surface area contributed by atoms with Crippen LogP contribution in [0.4, 0.5) is 4.39 Å². The fourth-order valence-corrected chi connectivity index (χ4v) is 2.82. The number of hydrogen-bond acceptors (Lipinski definition) is 3. The molecule has 0 spiro atoms. The maximum Gasteiger partial charge on any atom is 0.266 e. The largest absolute Gasteiger partial charge is 0.341 e. The van der Waals surface area contributed by atoms with Gasteiger partial charge < -0.3 is 4.57 Å². The summed E-state index contributed by atoms with van der Waals surface area (Å²) in [7, 11) is 1.07. The van der Waals surface area contributed by atoms with Gasteiger partial charge in [-0.1, -0.05) is 6.07 Å². The van der Waals surface area contributed by atoms with E-state index in [1.807, 2.05) is 0 Å². The molecule has 102 valence electrons. The molecule has 0 aliphatic rings. The molecule has 2 rings (SSSR count). The lowest BCUT2D eigenvalue weighted by atomic mass is 10.2. The summed E-state index contributed by atoms with van der Waals surface area (Å²) in [5.74, 6) is -0.582. The van der Waals surface area contributed by atoms with Gasteiger partial charge in [0.05, 0.1) is 10.9 Å². The van der Waals surface area contributed by atoms with Crippen molar-refractivity contribution < 1.29 is 12.8 Å². The highest BCUT2D eigenvalue weighted by Gasteiger charge is 2.21. The van der Waals surface area contributed by atoms with Crippen molar-refractivity contribution in [3.8, 4) is 0 Å². The minimum atomic E-state index is -4.18. The molecule has 4 nitrogen and oxygen atoms in total. The van der Waals surface area contributed by atoms with Crippen molar-refractivity contribution in [1.82, 2.24) is 4.57 Å². The van der Waals surface area contributed by atoms with Crippen LogP contribution >= 0.6 is 10.7 Å². The summed E-state index contributed by atoms with van der Waals surface area (Å²) in [6, 6.07) is 3.73. The molecule has 0 atom stereocenters. The first kappa shape index (κ1) is 14.0. The molecule has 2 aromatic rings. The number of rotatable bonds is 2. The fraction of sp³-hybridized carbons (Fsp3) is 0.250. The highest BCUT2D eigenvalue weighted by Crippen LogP contribution is 2.22. The number of aromatic nitrogens is 1. The summed E-state index contributed by atoms with van der Waals surface area (Å²) in [6.07, 6.45) is 1.08. The quantitative estimate of drug-likeness (QED) is 0.801. The minimum Gasteiger partial charge on any atom is -0.341 e. The van der Waals surface area contributed by atoms with Crippen molar-refractivity contribution in [3.05, 3.63) is 40.4 Å². The number of benzene rings is 1.